The second-order valence-electron chi connectivity index (χ2n) is 5.92. The minimum atomic E-state index is -0.946. The highest BCUT2D eigenvalue weighted by Crippen LogP contribution is 2.36. The highest BCUT2D eigenvalue weighted by atomic mass is 35.5. The largest absolute Gasteiger partial charge is 0.493 e. The van der Waals surface area contributed by atoms with E-state index in [4.69, 9.17) is 25.8 Å². The molecular formula is C20H22ClNO5. The highest BCUT2D eigenvalue weighted by Gasteiger charge is 2.24. The van der Waals surface area contributed by atoms with Crippen LogP contribution in [-0.2, 0) is 16.1 Å². The van der Waals surface area contributed by atoms with E-state index in [1.165, 1.54) is 38.2 Å². The van der Waals surface area contributed by atoms with Crippen molar-refractivity contribution in [3.63, 3.8) is 0 Å². The number of carbonyl (C=O) groups excluding carboxylic acids is 2. The molecule has 0 radical (unpaired) electrons. The maximum absolute atomic E-state index is 12.5. The molecule has 0 saturated heterocycles. The van der Waals surface area contributed by atoms with Crippen LogP contribution < -0.4 is 9.47 Å². The molecule has 0 saturated carbocycles. The van der Waals surface area contributed by atoms with Crippen molar-refractivity contribution in [1.29, 1.82) is 0 Å². The Bertz CT molecular complexity index is 810. The Kier molecular flexibility index (Phi) is 7.07. The Hall–Kier alpha value is -2.73. The second kappa shape index (κ2) is 9.28. The van der Waals surface area contributed by atoms with Crippen LogP contribution in [0.25, 0.3) is 0 Å². The molecule has 0 aliphatic heterocycles. The summed E-state index contributed by atoms with van der Waals surface area (Å²) in [5, 5.41) is 0.212. The summed E-state index contributed by atoms with van der Waals surface area (Å²) in [5.74, 6) is -0.356. The maximum atomic E-state index is 12.5. The van der Waals surface area contributed by atoms with Crippen LogP contribution in [0.15, 0.2) is 42.5 Å². The Morgan fingerprint density at radius 1 is 1.11 bits per heavy atom. The van der Waals surface area contributed by atoms with Crippen LogP contribution in [0.1, 0.15) is 22.8 Å². The van der Waals surface area contributed by atoms with Crippen LogP contribution in [-0.4, -0.2) is 44.1 Å². The first-order valence-electron chi connectivity index (χ1n) is 8.28. The average molecular weight is 392 g/mol. The molecule has 0 unspecified atom stereocenters. The Morgan fingerprint density at radius 3 is 2.37 bits per heavy atom. The van der Waals surface area contributed by atoms with Crippen LogP contribution in [0, 0.1) is 0 Å². The molecule has 6 nitrogen and oxygen atoms in total. The van der Waals surface area contributed by atoms with Gasteiger partial charge in [-0.3, -0.25) is 4.79 Å². The van der Waals surface area contributed by atoms with E-state index in [9.17, 15) is 9.59 Å². The zero-order valence-electron chi connectivity index (χ0n) is 15.7. The lowest BCUT2D eigenvalue weighted by atomic mass is 10.2. The molecule has 1 amide bonds. The van der Waals surface area contributed by atoms with E-state index in [1.807, 2.05) is 30.3 Å². The van der Waals surface area contributed by atoms with E-state index >= 15 is 0 Å². The summed E-state index contributed by atoms with van der Waals surface area (Å²) in [6, 6.07) is 12.4. The SMILES string of the molecule is COc1cc(C(=O)O[C@H](C)C(=O)N(C)Cc2ccccc2)cc(Cl)c1OC. The number of benzene rings is 2. The number of hydrogen-bond donors (Lipinski definition) is 0. The molecule has 0 aromatic heterocycles. The fraction of sp³-hybridized carbons (Fsp3) is 0.300. The monoisotopic (exact) mass is 391 g/mol. The summed E-state index contributed by atoms with van der Waals surface area (Å²) in [6.07, 6.45) is -0.946. The summed E-state index contributed by atoms with van der Waals surface area (Å²) in [7, 11) is 4.55. The van der Waals surface area contributed by atoms with Crippen LogP contribution in [0.4, 0.5) is 0 Å². The molecule has 1 atom stereocenters. The topological polar surface area (TPSA) is 65.1 Å². The van der Waals surface area contributed by atoms with E-state index < -0.39 is 12.1 Å². The number of hydrogen-bond acceptors (Lipinski definition) is 5. The summed E-state index contributed by atoms with van der Waals surface area (Å²) >= 11 is 6.11. The van der Waals surface area contributed by atoms with Crippen molar-refractivity contribution >= 4 is 23.5 Å². The molecule has 0 spiro atoms. The number of ether oxygens (including phenoxy) is 3. The van der Waals surface area contributed by atoms with Gasteiger partial charge >= 0.3 is 5.97 Å². The molecule has 0 bridgehead atoms. The molecular weight excluding hydrogens is 370 g/mol. The van der Waals surface area contributed by atoms with Gasteiger partial charge in [0.1, 0.15) is 0 Å². The summed E-state index contributed by atoms with van der Waals surface area (Å²) in [4.78, 5) is 26.4. The zero-order valence-corrected chi connectivity index (χ0v) is 16.4. The molecule has 7 heteroatoms. The van der Waals surface area contributed by atoms with Gasteiger partial charge in [0.2, 0.25) is 0 Å². The van der Waals surface area contributed by atoms with E-state index in [1.54, 1.807) is 7.05 Å². The summed E-state index contributed by atoms with van der Waals surface area (Å²) in [5.41, 5.74) is 1.15. The average Bonchev–Trinajstić information content (AvgIpc) is 2.67. The lowest BCUT2D eigenvalue weighted by Gasteiger charge is -2.21. The van der Waals surface area contributed by atoms with Crippen molar-refractivity contribution in [2.24, 2.45) is 0 Å². The van der Waals surface area contributed by atoms with Gasteiger partial charge in [-0.05, 0) is 24.6 Å². The Morgan fingerprint density at radius 2 is 1.78 bits per heavy atom. The van der Waals surface area contributed by atoms with Crippen LogP contribution in [0.3, 0.4) is 0 Å². The number of nitrogens with zero attached hydrogens (tertiary/aromatic N) is 1. The van der Waals surface area contributed by atoms with E-state index in [0.717, 1.165) is 5.56 Å². The number of methoxy groups -OCH3 is 2. The number of halogens is 1. The molecule has 2 aromatic carbocycles. The van der Waals surface area contributed by atoms with Gasteiger partial charge in [0, 0.05) is 13.6 Å². The van der Waals surface area contributed by atoms with Crippen LogP contribution in [0.5, 0.6) is 11.5 Å². The van der Waals surface area contributed by atoms with Crippen molar-refractivity contribution < 1.29 is 23.8 Å². The molecule has 0 N–H and O–H groups in total. The fourth-order valence-electron chi connectivity index (χ4n) is 2.56. The smallest absolute Gasteiger partial charge is 0.339 e. The van der Waals surface area contributed by atoms with Gasteiger partial charge in [-0.15, -0.1) is 0 Å². The predicted octanol–water partition coefficient (Wildman–Crippen LogP) is 3.56. The quantitative estimate of drug-likeness (QED) is 0.675. The number of amides is 1. The molecule has 0 aliphatic carbocycles. The van der Waals surface area contributed by atoms with Gasteiger partial charge in [0.05, 0.1) is 24.8 Å². The molecule has 2 aromatic rings. The fourth-order valence-corrected chi connectivity index (χ4v) is 2.85. The van der Waals surface area contributed by atoms with Crippen molar-refractivity contribution in [1.82, 2.24) is 4.90 Å². The van der Waals surface area contributed by atoms with Gasteiger partial charge in [-0.1, -0.05) is 41.9 Å². The Labute approximate surface area is 163 Å². The maximum Gasteiger partial charge on any atom is 0.339 e. The van der Waals surface area contributed by atoms with E-state index in [0.29, 0.717) is 18.0 Å². The van der Waals surface area contributed by atoms with Crippen molar-refractivity contribution in [3.8, 4) is 11.5 Å². The first-order valence-corrected chi connectivity index (χ1v) is 8.66. The lowest BCUT2D eigenvalue weighted by molar-refractivity contribution is -0.139. The van der Waals surface area contributed by atoms with Gasteiger partial charge in [-0.25, -0.2) is 4.79 Å². The van der Waals surface area contributed by atoms with Gasteiger partial charge in [0.25, 0.3) is 5.91 Å². The third kappa shape index (κ3) is 5.14. The van der Waals surface area contributed by atoms with Crippen molar-refractivity contribution in [2.45, 2.75) is 19.6 Å². The van der Waals surface area contributed by atoms with Gasteiger partial charge in [0.15, 0.2) is 17.6 Å². The third-order valence-corrected chi connectivity index (χ3v) is 4.22. The first-order chi connectivity index (χ1) is 12.9. The van der Waals surface area contributed by atoms with Crippen LogP contribution >= 0.6 is 11.6 Å². The van der Waals surface area contributed by atoms with Gasteiger partial charge < -0.3 is 19.1 Å². The molecule has 2 rings (SSSR count). The van der Waals surface area contributed by atoms with Crippen molar-refractivity contribution in [2.75, 3.05) is 21.3 Å². The summed E-state index contributed by atoms with van der Waals surface area (Å²) in [6.45, 7) is 1.95. The third-order valence-electron chi connectivity index (χ3n) is 3.94. The lowest BCUT2D eigenvalue weighted by Crippen LogP contribution is -2.37. The van der Waals surface area contributed by atoms with Gasteiger partial charge in [-0.2, -0.15) is 0 Å². The normalized spacial score (nSPS) is 11.4. The highest BCUT2D eigenvalue weighted by molar-refractivity contribution is 6.32. The van der Waals surface area contributed by atoms with E-state index in [-0.39, 0.29) is 16.5 Å². The number of rotatable bonds is 7. The van der Waals surface area contributed by atoms with E-state index in [2.05, 4.69) is 0 Å². The Balaban J connectivity index is 2.06. The number of likely N-dealkylation sites (N-methyl/N-ethyl adjacent to an activating group) is 1. The standard InChI is InChI=1S/C20H22ClNO5/c1-13(19(23)22(2)12-14-8-6-5-7-9-14)27-20(24)15-10-16(21)18(26-4)17(11-15)25-3/h5-11,13H,12H2,1-4H3/t13-/m1/s1. The molecule has 0 aliphatic rings. The van der Waals surface area contributed by atoms with Crippen LogP contribution in [0.2, 0.25) is 5.02 Å². The predicted molar refractivity (Wildman–Crippen MR) is 102 cm³/mol. The molecule has 27 heavy (non-hydrogen) atoms. The minimum Gasteiger partial charge on any atom is -0.493 e. The zero-order chi connectivity index (χ0) is 20.0. The number of carbonyl (C=O) groups is 2. The first kappa shape index (κ1) is 20.6. The number of esters is 1. The summed E-state index contributed by atoms with van der Waals surface area (Å²) < 4.78 is 15.6. The molecule has 0 heterocycles. The second-order valence-corrected chi connectivity index (χ2v) is 6.33. The molecule has 0 fully saturated rings. The molecule has 144 valence electrons. The minimum absolute atomic E-state index is 0.169. The van der Waals surface area contributed by atoms with Crippen molar-refractivity contribution in [3.05, 3.63) is 58.6 Å².